The molecule has 0 spiro atoms. The summed E-state index contributed by atoms with van der Waals surface area (Å²) in [6, 6.07) is 16.8. The molecule has 2 amide bonds. The van der Waals surface area contributed by atoms with Gasteiger partial charge in [0, 0.05) is 18.8 Å². The van der Waals surface area contributed by atoms with Gasteiger partial charge in [-0.15, -0.1) is 0 Å². The minimum absolute atomic E-state index is 0.0965. The Labute approximate surface area is 148 Å². The molecule has 2 aromatic carbocycles. The summed E-state index contributed by atoms with van der Waals surface area (Å²) in [5, 5.41) is 12.6. The third-order valence-corrected chi connectivity index (χ3v) is 4.59. The van der Waals surface area contributed by atoms with Crippen molar-refractivity contribution in [3.8, 4) is 11.5 Å². The van der Waals surface area contributed by atoms with Crippen LogP contribution in [0.4, 0.5) is 10.5 Å². The number of anilines is 1. The van der Waals surface area contributed by atoms with Crippen molar-refractivity contribution in [2.45, 2.75) is 25.9 Å². The zero-order valence-electron chi connectivity index (χ0n) is 14.4. The molecule has 1 fully saturated rings. The molecule has 0 aromatic heterocycles. The number of aliphatic hydroxyl groups excluding tert-OH is 1. The van der Waals surface area contributed by atoms with Crippen LogP contribution in [-0.4, -0.2) is 35.2 Å². The molecule has 1 atom stereocenters. The molecule has 1 aliphatic rings. The summed E-state index contributed by atoms with van der Waals surface area (Å²) in [7, 11) is 0. The van der Waals surface area contributed by atoms with E-state index >= 15 is 0 Å². The van der Waals surface area contributed by atoms with Crippen LogP contribution in [0.1, 0.15) is 19.8 Å². The van der Waals surface area contributed by atoms with Crippen LogP contribution in [0, 0.1) is 5.92 Å². The number of aliphatic hydroxyl groups is 1. The Morgan fingerprint density at radius 1 is 1.08 bits per heavy atom. The molecule has 2 aromatic rings. The maximum Gasteiger partial charge on any atom is 0.321 e. The molecule has 0 bridgehead atoms. The van der Waals surface area contributed by atoms with Gasteiger partial charge in [0.25, 0.3) is 0 Å². The number of piperidine rings is 1. The number of para-hydroxylation sites is 1. The molecular weight excluding hydrogens is 316 g/mol. The van der Waals surface area contributed by atoms with Crippen molar-refractivity contribution in [3.63, 3.8) is 0 Å². The molecule has 3 rings (SSSR count). The maximum atomic E-state index is 12.3. The van der Waals surface area contributed by atoms with Crippen molar-refractivity contribution in [1.82, 2.24) is 4.90 Å². The van der Waals surface area contributed by atoms with Crippen molar-refractivity contribution in [2.24, 2.45) is 5.92 Å². The van der Waals surface area contributed by atoms with Crippen molar-refractivity contribution in [2.75, 3.05) is 18.4 Å². The normalized spacial score (nSPS) is 16.3. The monoisotopic (exact) mass is 340 g/mol. The Morgan fingerprint density at radius 2 is 1.68 bits per heavy atom. The van der Waals surface area contributed by atoms with Crippen LogP contribution in [0.25, 0.3) is 0 Å². The molecule has 1 aliphatic heterocycles. The van der Waals surface area contributed by atoms with Crippen LogP contribution >= 0.6 is 0 Å². The summed E-state index contributed by atoms with van der Waals surface area (Å²) >= 11 is 0. The van der Waals surface area contributed by atoms with Crippen molar-refractivity contribution in [1.29, 1.82) is 0 Å². The lowest BCUT2D eigenvalue weighted by Gasteiger charge is -2.33. The summed E-state index contributed by atoms with van der Waals surface area (Å²) in [5.74, 6) is 1.79. The van der Waals surface area contributed by atoms with Crippen LogP contribution in [-0.2, 0) is 0 Å². The number of carbonyl (C=O) groups excluding carboxylic acids is 1. The van der Waals surface area contributed by atoms with E-state index in [0.29, 0.717) is 19.0 Å². The average Bonchev–Trinajstić information content (AvgIpc) is 2.64. The first-order valence-corrected chi connectivity index (χ1v) is 8.69. The largest absolute Gasteiger partial charge is 0.457 e. The second-order valence-corrected chi connectivity index (χ2v) is 6.43. The molecule has 2 N–H and O–H groups in total. The fourth-order valence-electron chi connectivity index (χ4n) is 3.02. The topological polar surface area (TPSA) is 61.8 Å². The Kier molecular flexibility index (Phi) is 5.56. The van der Waals surface area contributed by atoms with E-state index in [-0.39, 0.29) is 12.1 Å². The number of nitrogens with one attached hydrogen (secondary N) is 1. The molecule has 0 aliphatic carbocycles. The summed E-state index contributed by atoms with van der Waals surface area (Å²) in [4.78, 5) is 14.1. The van der Waals surface area contributed by atoms with Gasteiger partial charge in [0.2, 0.25) is 0 Å². The van der Waals surface area contributed by atoms with Crippen molar-refractivity contribution >= 4 is 11.7 Å². The molecule has 25 heavy (non-hydrogen) atoms. The minimum Gasteiger partial charge on any atom is -0.457 e. The highest BCUT2D eigenvalue weighted by Crippen LogP contribution is 2.24. The molecule has 132 valence electrons. The Morgan fingerprint density at radius 3 is 2.28 bits per heavy atom. The predicted octanol–water partition coefficient (Wildman–Crippen LogP) is 4.10. The fraction of sp³-hybridized carbons (Fsp3) is 0.350. The second kappa shape index (κ2) is 8.03. The summed E-state index contributed by atoms with van der Waals surface area (Å²) in [6.07, 6.45) is 1.38. The number of hydrogen-bond donors (Lipinski definition) is 2. The summed E-state index contributed by atoms with van der Waals surface area (Å²) in [5.41, 5.74) is 0.739. The lowest BCUT2D eigenvalue weighted by atomic mass is 9.92. The third-order valence-electron chi connectivity index (χ3n) is 4.59. The van der Waals surface area contributed by atoms with E-state index in [9.17, 15) is 9.90 Å². The molecule has 1 saturated heterocycles. The standard InChI is InChI=1S/C20H24N2O3/c1-15(23)16-11-13-22(14-12-16)20(24)21-17-7-9-19(10-8-17)25-18-5-3-2-4-6-18/h2-10,15-16,23H,11-14H2,1H3,(H,21,24). The number of carbonyl (C=O) groups is 1. The first-order valence-electron chi connectivity index (χ1n) is 8.69. The van der Waals surface area contributed by atoms with Gasteiger partial charge in [0.05, 0.1) is 6.10 Å². The second-order valence-electron chi connectivity index (χ2n) is 6.43. The number of amides is 2. The SMILES string of the molecule is CC(O)C1CCN(C(=O)Nc2ccc(Oc3ccccc3)cc2)CC1. The van der Waals surface area contributed by atoms with Gasteiger partial charge in [-0.25, -0.2) is 4.79 Å². The Hall–Kier alpha value is -2.53. The van der Waals surface area contributed by atoms with Crippen molar-refractivity contribution in [3.05, 3.63) is 54.6 Å². The zero-order chi connectivity index (χ0) is 17.6. The van der Waals surface area contributed by atoms with Gasteiger partial charge in [0.1, 0.15) is 11.5 Å². The number of ether oxygens (including phenoxy) is 1. The number of rotatable bonds is 4. The Balaban J connectivity index is 1.52. The van der Waals surface area contributed by atoms with Gasteiger partial charge >= 0.3 is 6.03 Å². The zero-order valence-corrected chi connectivity index (χ0v) is 14.4. The summed E-state index contributed by atoms with van der Waals surface area (Å²) < 4.78 is 5.74. The first-order chi connectivity index (χ1) is 12.1. The molecule has 0 saturated carbocycles. The highest BCUT2D eigenvalue weighted by Gasteiger charge is 2.25. The van der Waals surface area contributed by atoms with Gasteiger partial charge in [-0.05, 0) is 62.1 Å². The predicted molar refractivity (Wildman–Crippen MR) is 98.0 cm³/mol. The van der Waals surface area contributed by atoms with E-state index in [1.807, 2.05) is 61.5 Å². The quantitative estimate of drug-likeness (QED) is 0.881. The van der Waals surface area contributed by atoms with Crippen LogP contribution in [0.3, 0.4) is 0 Å². The molecule has 1 heterocycles. The molecule has 0 radical (unpaired) electrons. The highest BCUT2D eigenvalue weighted by atomic mass is 16.5. The number of hydrogen-bond acceptors (Lipinski definition) is 3. The van der Waals surface area contributed by atoms with Gasteiger partial charge in [-0.3, -0.25) is 0 Å². The van der Waals surface area contributed by atoms with Gasteiger partial charge in [0.15, 0.2) is 0 Å². The van der Waals surface area contributed by atoms with Gasteiger partial charge < -0.3 is 20.1 Å². The van der Waals surface area contributed by atoms with E-state index in [1.54, 1.807) is 4.90 Å². The average molecular weight is 340 g/mol. The van der Waals surface area contributed by atoms with E-state index in [2.05, 4.69) is 5.32 Å². The van der Waals surface area contributed by atoms with Crippen LogP contribution in [0.5, 0.6) is 11.5 Å². The van der Waals surface area contributed by atoms with E-state index < -0.39 is 0 Å². The smallest absolute Gasteiger partial charge is 0.321 e. The number of benzene rings is 2. The maximum absolute atomic E-state index is 12.3. The molecule has 1 unspecified atom stereocenters. The van der Waals surface area contributed by atoms with Crippen molar-refractivity contribution < 1.29 is 14.6 Å². The molecule has 5 heteroatoms. The fourth-order valence-corrected chi connectivity index (χ4v) is 3.02. The number of likely N-dealkylation sites (tertiary alicyclic amines) is 1. The third kappa shape index (κ3) is 4.73. The molecular formula is C20H24N2O3. The van der Waals surface area contributed by atoms with Crippen LogP contribution < -0.4 is 10.1 Å². The first kappa shape index (κ1) is 17.3. The molecule has 5 nitrogen and oxygen atoms in total. The minimum atomic E-state index is -0.303. The number of nitrogens with zero attached hydrogens (tertiary/aromatic N) is 1. The number of urea groups is 1. The Bertz CT molecular complexity index is 678. The van der Waals surface area contributed by atoms with Gasteiger partial charge in [-0.1, -0.05) is 18.2 Å². The lowest BCUT2D eigenvalue weighted by molar-refractivity contribution is 0.0820. The lowest BCUT2D eigenvalue weighted by Crippen LogP contribution is -2.42. The summed E-state index contributed by atoms with van der Waals surface area (Å²) in [6.45, 7) is 3.17. The van der Waals surface area contributed by atoms with Crippen LogP contribution in [0.2, 0.25) is 0 Å². The van der Waals surface area contributed by atoms with E-state index in [1.165, 1.54) is 0 Å². The highest BCUT2D eigenvalue weighted by molar-refractivity contribution is 5.89. The van der Waals surface area contributed by atoms with Crippen LogP contribution in [0.15, 0.2) is 54.6 Å². The van der Waals surface area contributed by atoms with E-state index in [0.717, 1.165) is 30.0 Å². The van der Waals surface area contributed by atoms with Gasteiger partial charge in [-0.2, -0.15) is 0 Å². The van der Waals surface area contributed by atoms with E-state index in [4.69, 9.17) is 4.74 Å².